The van der Waals surface area contributed by atoms with E-state index in [0.29, 0.717) is 12.8 Å². The van der Waals surface area contributed by atoms with Gasteiger partial charge in [-0.25, -0.2) is 0 Å². The maximum absolute atomic E-state index is 10.4. The molecular formula is C8H15O3. The van der Waals surface area contributed by atoms with Gasteiger partial charge in [0.2, 0.25) is 0 Å². The van der Waals surface area contributed by atoms with E-state index in [1.54, 1.807) is 6.92 Å². The van der Waals surface area contributed by atoms with Crippen LogP contribution in [0, 0.1) is 6.92 Å². The van der Waals surface area contributed by atoms with Crippen LogP contribution < -0.4 is 0 Å². The molecule has 3 heteroatoms. The smallest absolute Gasteiger partial charge is 0.313 e. The second-order valence-corrected chi connectivity index (χ2v) is 1.72. The quantitative estimate of drug-likeness (QED) is 0.455. The number of carbonyl (C=O) groups excluding carboxylic acids is 2. The highest BCUT2D eigenvalue weighted by Gasteiger charge is 2.02. The van der Waals surface area contributed by atoms with Crippen molar-refractivity contribution in [3.8, 4) is 0 Å². The Kier molecular flexibility index (Phi) is 10.6. The summed E-state index contributed by atoms with van der Waals surface area (Å²) in [5.74, 6) is -0.974. The normalized spacial score (nSPS) is 7.64. The van der Waals surface area contributed by atoms with E-state index in [0.717, 1.165) is 0 Å². The molecule has 0 saturated carbocycles. The van der Waals surface area contributed by atoms with E-state index in [4.69, 9.17) is 0 Å². The van der Waals surface area contributed by atoms with Crippen LogP contribution in [0.4, 0.5) is 0 Å². The zero-order chi connectivity index (χ0) is 9.28. The Hall–Kier alpha value is -0.860. The van der Waals surface area contributed by atoms with E-state index in [-0.39, 0.29) is 0 Å². The average Bonchev–Trinajstić information content (AvgIpc) is 1.91. The Balaban J connectivity index is 0. The first-order valence-corrected chi connectivity index (χ1v) is 3.58. The van der Waals surface area contributed by atoms with Crippen molar-refractivity contribution in [3.05, 3.63) is 6.92 Å². The third-order valence-electron chi connectivity index (χ3n) is 0.712. The molecule has 0 aliphatic heterocycles. The molecule has 0 aromatic heterocycles. The summed E-state index contributed by atoms with van der Waals surface area (Å²) in [5, 5.41) is 0. The Morgan fingerprint density at radius 2 is 1.82 bits per heavy atom. The standard InChI is InChI=1S/C6H10O3.C2H5/c1-3-4-6(8)9-5(2)7;1-2/h3-4H2,1-2H3;1H2,2H3. The van der Waals surface area contributed by atoms with Gasteiger partial charge in [0.25, 0.3) is 0 Å². The van der Waals surface area contributed by atoms with Crippen LogP contribution in [-0.4, -0.2) is 11.9 Å². The summed E-state index contributed by atoms with van der Waals surface area (Å²) in [4.78, 5) is 20.5. The topological polar surface area (TPSA) is 43.4 Å². The lowest BCUT2D eigenvalue weighted by atomic mass is 10.3. The van der Waals surface area contributed by atoms with E-state index in [2.05, 4.69) is 11.7 Å². The summed E-state index contributed by atoms with van der Waals surface area (Å²) in [6, 6.07) is 0. The molecule has 0 aliphatic carbocycles. The van der Waals surface area contributed by atoms with Crippen molar-refractivity contribution in [2.24, 2.45) is 0 Å². The summed E-state index contributed by atoms with van der Waals surface area (Å²) in [6.45, 7) is 8.06. The Labute approximate surface area is 67.7 Å². The largest absolute Gasteiger partial charge is 0.393 e. The first kappa shape index (κ1) is 12.8. The number of rotatable bonds is 2. The predicted molar refractivity (Wildman–Crippen MR) is 42.7 cm³/mol. The molecule has 0 unspecified atom stereocenters. The molecular weight excluding hydrogens is 144 g/mol. The van der Waals surface area contributed by atoms with Crippen LogP contribution in [0.3, 0.4) is 0 Å². The molecule has 0 amide bonds. The molecule has 0 fully saturated rings. The molecule has 0 aromatic carbocycles. The number of hydrogen-bond acceptors (Lipinski definition) is 3. The third kappa shape index (κ3) is 12.4. The van der Waals surface area contributed by atoms with Gasteiger partial charge in [-0.1, -0.05) is 20.8 Å². The summed E-state index contributed by atoms with van der Waals surface area (Å²) in [6.07, 6.45) is 1.03. The van der Waals surface area contributed by atoms with E-state index in [1.165, 1.54) is 6.92 Å². The molecule has 0 N–H and O–H groups in total. The monoisotopic (exact) mass is 159 g/mol. The summed E-state index contributed by atoms with van der Waals surface area (Å²) in [7, 11) is 0. The first-order chi connectivity index (χ1) is 5.16. The zero-order valence-electron chi connectivity index (χ0n) is 7.35. The van der Waals surface area contributed by atoms with Gasteiger partial charge in [-0.3, -0.25) is 9.59 Å². The maximum Gasteiger partial charge on any atom is 0.313 e. The lowest BCUT2D eigenvalue weighted by molar-refractivity contribution is -0.158. The van der Waals surface area contributed by atoms with Crippen molar-refractivity contribution in [1.82, 2.24) is 0 Å². The molecule has 0 aliphatic rings. The molecule has 0 heterocycles. The fourth-order valence-electron chi connectivity index (χ4n) is 0.415. The van der Waals surface area contributed by atoms with Crippen LogP contribution in [0.5, 0.6) is 0 Å². The maximum atomic E-state index is 10.4. The van der Waals surface area contributed by atoms with E-state index >= 15 is 0 Å². The van der Waals surface area contributed by atoms with E-state index in [1.807, 2.05) is 6.92 Å². The number of ether oxygens (including phenoxy) is 1. The van der Waals surface area contributed by atoms with Crippen LogP contribution in [0.15, 0.2) is 0 Å². The molecule has 0 rings (SSSR count). The van der Waals surface area contributed by atoms with Gasteiger partial charge in [0.1, 0.15) is 0 Å². The second kappa shape index (κ2) is 9.14. The van der Waals surface area contributed by atoms with Crippen molar-refractivity contribution in [3.63, 3.8) is 0 Å². The van der Waals surface area contributed by atoms with Crippen LogP contribution in [-0.2, 0) is 14.3 Å². The lowest BCUT2D eigenvalue weighted by Crippen LogP contribution is -2.07. The van der Waals surface area contributed by atoms with Gasteiger partial charge in [-0.15, -0.1) is 0 Å². The summed E-state index contributed by atoms with van der Waals surface area (Å²) in [5.41, 5.74) is 0. The first-order valence-electron chi connectivity index (χ1n) is 3.58. The highest BCUT2D eigenvalue weighted by atomic mass is 16.6. The Morgan fingerprint density at radius 1 is 1.36 bits per heavy atom. The highest BCUT2D eigenvalue weighted by Crippen LogP contribution is 1.90. The number of esters is 2. The molecule has 65 valence electrons. The van der Waals surface area contributed by atoms with Gasteiger partial charge < -0.3 is 4.74 Å². The minimum atomic E-state index is -0.534. The zero-order valence-corrected chi connectivity index (χ0v) is 7.35. The van der Waals surface area contributed by atoms with Gasteiger partial charge in [0, 0.05) is 13.3 Å². The van der Waals surface area contributed by atoms with Gasteiger partial charge in [0.05, 0.1) is 0 Å². The van der Waals surface area contributed by atoms with Gasteiger partial charge >= 0.3 is 11.9 Å². The van der Waals surface area contributed by atoms with Crippen LogP contribution in [0.2, 0.25) is 0 Å². The van der Waals surface area contributed by atoms with Crippen molar-refractivity contribution in [2.75, 3.05) is 0 Å². The van der Waals surface area contributed by atoms with Gasteiger partial charge in [0.15, 0.2) is 0 Å². The summed E-state index contributed by atoms with van der Waals surface area (Å²) >= 11 is 0. The molecule has 0 aromatic rings. The van der Waals surface area contributed by atoms with Gasteiger partial charge in [-0.2, -0.15) is 0 Å². The minimum absolute atomic E-state index is 0.319. The summed E-state index contributed by atoms with van der Waals surface area (Å²) < 4.78 is 4.21. The molecule has 0 spiro atoms. The Bertz CT molecular complexity index is 119. The van der Waals surface area contributed by atoms with E-state index < -0.39 is 11.9 Å². The highest BCUT2D eigenvalue weighted by molar-refractivity contribution is 5.83. The minimum Gasteiger partial charge on any atom is -0.393 e. The fraction of sp³-hybridized carbons (Fsp3) is 0.625. The fourth-order valence-corrected chi connectivity index (χ4v) is 0.415. The molecule has 0 saturated heterocycles. The van der Waals surface area contributed by atoms with Gasteiger partial charge in [-0.05, 0) is 6.42 Å². The molecule has 1 radical (unpaired) electrons. The predicted octanol–water partition coefficient (Wildman–Crippen LogP) is 1.72. The van der Waals surface area contributed by atoms with E-state index in [9.17, 15) is 9.59 Å². The van der Waals surface area contributed by atoms with Crippen LogP contribution >= 0.6 is 0 Å². The van der Waals surface area contributed by atoms with Crippen LogP contribution in [0.25, 0.3) is 0 Å². The molecule has 0 atom stereocenters. The Morgan fingerprint density at radius 3 is 2.09 bits per heavy atom. The number of hydrogen-bond donors (Lipinski definition) is 0. The molecule has 0 bridgehead atoms. The van der Waals surface area contributed by atoms with Crippen molar-refractivity contribution in [2.45, 2.75) is 33.6 Å². The van der Waals surface area contributed by atoms with Crippen LogP contribution in [0.1, 0.15) is 33.6 Å². The van der Waals surface area contributed by atoms with Crippen molar-refractivity contribution in [1.29, 1.82) is 0 Å². The van der Waals surface area contributed by atoms with Crippen molar-refractivity contribution >= 4 is 11.9 Å². The lowest BCUT2D eigenvalue weighted by Gasteiger charge is -1.94. The third-order valence-corrected chi connectivity index (χ3v) is 0.712. The molecule has 11 heavy (non-hydrogen) atoms. The SMILES string of the molecule is CCCC(=O)OC(C)=O.[CH2]C. The van der Waals surface area contributed by atoms with Crippen molar-refractivity contribution < 1.29 is 14.3 Å². The second-order valence-electron chi connectivity index (χ2n) is 1.72. The number of carbonyl (C=O) groups is 2. The average molecular weight is 159 g/mol. The molecule has 3 nitrogen and oxygen atoms in total.